The summed E-state index contributed by atoms with van der Waals surface area (Å²) in [5.74, 6) is 0. The summed E-state index contributed by atoms with van der Waals surface area (Å²) >= 11 is 0. The predicted octanol–water partition coefficient (Wildman–Crippen LogP) is 3.72. The number of benzene rings is 2. The summed E-state index contributed by atoms with van der Waals surface area (Å²) in [7, 11) is 0. The van der Waals surface area contributed by atoms with Gasteiger partial charge in [0.05, 0.1) is 18.3 Å². The van der Waals surface area contributed by atoms with Gasteiger partial charge in [0.25, 0.3) is 0 Å². The molecular formula is C22H24N4O2. The Morgan fingerprint density at radius 1 is 1.00 bits per heavy atom. The van der Waals surface area contributed by atoms with E-state index in [1.54, 1.807) is 4.68 Å². The molecular weight excluding hydrogens is 352 g/mol. The minimum absolute atomic E-state index is 0.00250. The molecule has 1 saturated carbocycles. The zero-order valence-electron chi connectivity index (χ0n) is 15.7. The Kier molecular flexibility index (Phi) is 5.77. The molecule has 28 heavy (non-hydrogen) atoms. The van der Waals surface area contributed by atoms with E-state index in [0.29, 0.717) is 5.69 Å². The van der Waals surface area contributed by atoms with E-state index in [0.717, 1.165) is 42.5 Å². The van der Waals surface area contributed by atoms with E-state index in [1.165, 1.54) is 0 Å². The van der Waals surface area contributed by atoms with Gasteiger partial charge in [0.15, 0.2) is 6.61 Å². The average Bonchev–Trinajstić information content (AvgIpc) is 3.21. The first-order chi connectivity index (χ1) is 13.8. The SMILES string of the molecule is OC1CCCCC1n1cc(CON=C(c2ccccc2)c2ccccc2)nn1. The smallest absolute Gasteiger partial charge is 0.162 e. The fourth-order valence-corrected chi connectivity index (χ4v) is 3.57. The standard InChI is InChI=1S/C22H24N4O2/c27-21-14-8-7-13-20(21)26-15-19(23-25-26)16-28-24-22(17-9-3-1-4-10-17)18-11-5-2-6-12-18/h1-6,9-12,15,20-21,27H,7-8,13-14,16H2. The van der Waals surface area contributed by atoms with E-state index in [4.69, 9.17) is 4.84 Å². The summed E-state index contributed by atoms with van der Waals surface area (Å²) in [5, 5.41) is 22.9. The van der Waals surface area contributed by atoms with Crippen LogP contribution in [0, 0.1) is 0 Å². The number of rotatable bonds is 6. The molecule has 0 aliphatic heterocycles. The van der Waals surface area contributed by atoms with Crippen LogP contribution in [0.1, 0.15) is 48.5 Å². The molecule has 1 aliphatic carbocycles. The molecule has 1 N–H and O–H groups in total. The Balaban J connectivity index is 1.48. The molecule has 2 unspecified atom stereocenters. The normalized spacial score (nSPS) is 19.2. The van der Waals surface area contributed by atoms with Gasteiger partial charge in [-0.25, -0.2) is 4.68 Å². The minimum atomic E-state index is -0.356. The van der Waals surface area contributed by atoms with Crippen LogP contribution < -0.4 is 0 Å². The molecule has 2 atom stereocenters. The molecule has 0 amide bonds. The van der Waals surface area contributed by atoms with Crippen molar-refractivity contribution in [3.63, 3.8) is 0 Å². The average molecular weight is 376 g/mol. The molecule has 6 nitrogen and oxygen atoms in total. The molecule has 0 saturated heterocycles. The van der Waals surface area contributed by atoms with Crippen LogP contribution in [0.3, 0.4) is 0 Å². The number of nitrogens with zero attached hydrogens (tertiary/aromatic N) is 4. The van der Waals surface area contributed by atoms with E-state index in [1.807, 2.05) is 66.9 Å². The van der Waals surface area contributed by atoms with Crippen LogP contribution in [0.15, 0.2) is 72.0 Å². The number of aliphatic hydroxyl groups excluding tert-OH is 1. The first-order valence-electron chi connectivity index (χ1n) is 9.71. The topological polar surface area (TPSA) is 72.5 Å². The van der Waals surface area contributed by atoms with Crippen molar-refractivity contribution in [2.45, 2.75) is 44.4 Å². The Morgan fingerprint density at radius 2 is 1.64 bits per heavy atom. The molecule has 2 aromatic carbocycles. The minimum Gasteiger partial charge on any atom is -0.391 e. The fourth-order valence-electron chi connectivity index (χ4n) is 3.57. The van der Waals surface area contributed by atoms with Crippen LogP contribution in [0.25, 0.3) is 0 Å². The van der Waals surface area contributed by atoms with Gasteiger partial charge in [-0.05, 0) is 12.8 Å². The summed E-state index contributed by atoms with van der Waals surface area (Å²) in [6.07, 6.45) is 5.41. The van der Waals surface area contributed by atoms with E-state index in [9.17, 15) is 5.11 Å². The van der Waals surface area contributed by atoms with Gasteiger partial charge in [0, 0.05) is 11.1 Å². The molecule has 0 bridgehead atoms. The molecule has 6 heteroatoms. The number of aromatic nitrogens is 3. The molecule has 0 radical (unpaired) electrons. The van der Waals surface area contributed by atoms with Crippen LogP contribution in [-0.4, -0.2) is 31.9 Å². The second-order valence-electron chi connectivity index (χ2n) is 7.05. The maximum absolute atomic E-state index is 10.2. The first kappa shape index (κ1) is 18.4. The van der Waals surface area contributed by atoms with Gasteiger partial charge >= 0.3 is 0 Å². The van der Waals surface area contributed by atoms with Crippen molar-refractivity contribution in [1.29, 1.82) is 0 Å². The van der Waals surface area contributed by atoms with Crippen molar-refractivity contribution >= 4 is 5.71 Å². The van der Waals surface area contributed by atoms with Crippen molar-refractivity contribution in [3.8, 4) is 0 Å². The van der Waals surface area contributed by atoms with Gasteiger partial charge in [-0.1, -0.05) is 83.9 Å². The fraction of sp³-hybridized carbons (Fsp3) is 0.318. The van der Waals surface area contributed by atoms with Gasteiger partial charge < -0.3 is 9.94 Å². The lowest BCUT2D eigenvalue weighted by atomic mass is 9.93. The number of oxime groups is 1. The van der Waals surface area contributed by atoms with E-state index < -0.39 is 0 Å². The van der Waals surface area contributed by atoms with Gasteiger partial charge in [-0.3, -0.25) is 0 Å². The maximum Gasteiger partial charge on any atom is 0.162 e. The van der Waals surface area contributed by atoms with Crippen molar-refractivity contribution in [3.05, 3.63) is 83.7 Å². The Morgan fingerprint density at radius 3 is 2.29 bits per heavy atom. The Labute approximate surface area is 164 Å². The van der Waals surface area contributed by atoms with Crippen molar-refractivity contribution in [2.24, 2.45) is 5.16 Å². The molecule has 1 fully saturated rings. The van der Waals surface area contributed by atoms with Gasteiger partial charge in [0.1, 0.15) is 11.4 Å². The third-order valence-electron chi connectivity index (χ3n) is 5.05. The largest absolute Gasteiger partial charge is 0.391 e. The Hall–Kier alpha value is -2.99. The molecule has 144 valence electrons. The molecule has 3 aromatic rings. The zero-order chi connectivity index (χ0) is 19.2. The second kappa shape index (κ2) is 8.80. The van der Waals surface area contributed by atoms with E-state index in [-0.39, 0.29) is 18.8 Å². The summed E-state index contributed by atoms with van der Waals surface area (Å²) in [6, 6.07) is 19.9. The van der Waals surface area contributed by atoms with Gasteiger partial charge in [-0.2, -0.15) is 0 Å². The van der Waals surface area contributed by atoms with Crippen LogP contribution in [0.2, 0.25) is 0 Å². The van der Waals surface area contributed by atoms with Crippen molar-refractivity contribution < 1.29 is 9.94 Å². The van der Waals surface area contributed by atoms with E-state index in [2.05, 4.69) is 15.5 Å². The second-order valence-corrected chi connectivity index (χ2v) is 7.05. The van der Waals surface area contributed by atoms with E-state index >= 15 is 0 Å². The quantitative estimate of drug-likeness (QED) is 0.526. The highest BCUT2D eigenvalue weighted by Gasteiger charge is 2.25. The lowest BCUT2D eigenvalue weighted by Crippen LogP contribution is -2.27. The van der Waals surface area contributed by atoms with Crippen LogP contribution in [-0.2, 0) is 11.4 Å². The summed E-state index contributed by atoms with van der Waals surface area (Å²) < 4.78 is 1.77. The third-order valence-corrected chi connectivity index (χ3v) is 5.05. The van der Waals surface area contributed by atoms with Crippen LogP contribution in [0.4, 0.5) is 0 Å². The highest BCUT2D eigenvalue weighted by atomic mass is 16.6. The number of aliphatic hydroxyl groups is 1. The number of hydrogen-bond acceptors (Lipinski definition) is 5. The lowest BCUT2D eigenvalue weighted by Gasteiger charge is -2.27. The van der Waals surface area contributed by atoms with Crippen LogP contribution in [0.5, 0.6) is 0 Å². The Bertz CT molecular complexity index is 867. The molecule has 0 spiro atoms. The summed E-state index contributed by atoms with van der Waals surface area (Å²) in [5.41, 5.74) is 3.45. The monoisotopic (exact) mass is 376 g/mol. The summed E-state index contributed by atoms with van der Waals surface area (Å²) in [6.45, 7) is 0.228. The van der Waals surface area contributed by atoms with Gasteiger partial charge in [0.2, 0.25) is 0 Å². The lowest BCUT2D eigenvalue weighted by molar-refractivity contribution is 0.0684. The highest BCUT2D eigenvalue weighted by Crippen LogP contribution is 2.27. The summed E-state index contributed by atoms with van der Waals surface area (Å²) in [4.78, 5) is 5.63. The molecule has 1 aliphatic rings. The molecule has 1 aromatic heterocycles. The molecule has 4 rings (SSSR count). The molecule has 1 heterocycles. The van der Waals surface area contributed by atoms with Crippen molar-refractivity contribution in [1.82, 2.24) is 15.0 Å². The first-order valence-corrected chi connectivity index (χ1v) is 9.71. The maximum atomic E-state index is 10.2. The predicted molar refractivity (Wildman–Crippen MR) is 107 cm³/mol. The third kappa shape index (κ3) is 4.28. The van der Waals surface area contributed by atoms with Crippen molar-refractivity contribution in [2.75, 3.05) is 0 Å². The van der Waals surface area contributed by atoms with Gasteiger partial charge in [-0.15, -0.1) is 5.10 Å². The highest BCUT2D eigenvalue weighted by molar-refractivity contribution is 6.12. The zero-order valence-corrected chi connectivity index (χ0v) is 15.7. The van der Waals surface area contributed by atoms with Crippen LogP contribution >= 0.6 is 0 Å². The number of hydrogen-bond donors (Lipinski definition) is 1.